The van der Waals surface area contributed by atoms with Crippen molar-refractivity contribution >= 4 is 11.9 Å². The number of aliphatic carboxylic acids is 1. The van der Waals surface area contributed by atoms with Crippen LogP contribution < -0.4 is 29.3 Å². The summed E-state index contributed by atoms with van der Waals surface area (Å²) >= 11 is 0. The van der Waals surface area contributed by atoms with E-state index in [0.717, 1.165) is 5.56 Å². The van der Waals surface area contributed by atoms with E-state index in [0.29, 0.717) is 19.4 Å². The molecule has 0 atom stereocenters. The molecule has 1 rings (SSSR count). The number of hydrogen-bond donors (Lipinski definition) is 1. The van der Waals surface area contributed by atoms with E-state index in [-0.39, 0.29) is 31.2 Å². The van der Waals surface area contributed by atoms with Crippen LogP contribution in [0.2, 0.25) is 0 Å². The van der Waals surface area contributed by atoms with E-state index < -0.39 is 5.97 Å². The van der Waals surface area contributed by atoms with Crippen LogP contribution in [-0.4, -0.2) is 18.4 Å². The van der Waals surface area contributed by atoms with Crippen molar-refractivity contribution in [2.24, 2.45) is 0 Å². The van der Waals surface area contributed by atoms with E-state index in [1.807, 2.05) is 30.3 Å². The van der Waals surface area contributed by atoms with Crippen LogP contribution >= 0.6 is 0 Å². The fraction of sp³-hybridized carbons (Fsp3) is 0.333. The maximum Gasteiger partial charge on any atom is 1.00 e. The summed E-state index contributed by atoms with van der Waals surface area (Å²) in [6.07, 6.45) is 0.709. The molecule has 0 spiro atoms. The minimum absolute atomic E-state index is 0. The Balaban J connectivity index is 0.00000256. The third-order valence-corrected chi connectivity index (χ3v) is 2.09. The van der Waals surface area contributed by atoms with E-state index >= 15 is 0 Å². The Kier molecular flexibility index (Phi) is 8.21. The van der Waals surface area contributed by atoms with Crippen molar-refractivity contribution in [3.8, 4) is 0 Å². The predicted molar refractivity (Wildman–Crippen MR) is 57.4 cm³/mol. The molecule has 1 aromatic rings. The molecule has 0 heterocycles. The average molecular weight is 227 g/mol. The van der Waals surface area contributed by atoms with Crippen LogP contribution in [-0.2, 0) is 16.0 Å². The molecule has 0 unspecified atom stereocenters. The average Bonchev–Trinajstić information content (AvgIpc) is 2.25. The predicted octanol–water partition coefficient (Wildman–Crippen LogP) is -3.12. The molecular weight excluding hydrogens is 213 g/mol. The van der Waals surface area contributed by atoms with E-state index in [9.17, 15) is 14.7 Å². The van der Waals surface area contributed by atoms with Gasteiger partial charge in [-0.1, -0.05) is 30.3 Å². The van der Waals surface area contributed by atoms with Gasteiger partial charge in [0, 0.05) is 12.5 Å². The van der Waals surface area contributed by atoms with E-state index in [4.69, 9.17) is 0 Å². The Morgan fingerprint density at radius 1 is 1.18 bits per heavy atom. The zero-order valence-electron chi connectivity index (χ0n) is 9.94. The molecule has 0 fully saturated rings. The number of carboxylic acid groups (broad SMARTS) is 1. The summed E-state index contributed by atoms with van der Waals surface area (Å²) in [5.41, 5.74) is 0.944. The Morgan fingerprint density at radius 3 is 2.41 bits per heavy atom. The quantitative estimate of drug-likeness (QED) is 0.413. The van der Waals surface area contributed by atoms with Gasteiger partial charge < -0.3 is 15.2 Å². The van der Waals surface area contributed by atoms with Gasteiger partial charge in [-0.25, -0.2) is 0 Å². The second kappa shape index (κ2) is 8.86. The minimum Gasteiger partial charge on any atom is -0.550 e. The molecule has 0 aliphatic heterocycles. The molecule has 0 aliphatic carbocycles. The van der Waals surface area contributed by atoms with E-state index in [1.54, 1.807) is 0 Å². The van der Waals surface area contributed by atoms with Crippen molar-refractivity contribution in [2.75, 3.05) is 6.54 Å². The first kappa shape index (κ1) is 15.8. The summed E-state index contributed by atoms with van der Waals surface area (Å²) in [5, 5.41) is 12.8. The molecule has 0 bridgehead atoms. The summed E-state index contributed by atoms with van der Waals surface area (Å²) in [6.45, 7) is 0.375. The van der Waals surface area contributed by atoms with Crippen LogP contribution in [0.15, 0.2) is 30.3 Å². The fourth-order valence-corrected chi connectivity index (χ4v) is 1.30. The molecule has 1 amide bonds. The van der Waals surface area contributed by atoms with Gasteiger partial charge in [-0.2, -0.15) is 0 Å². The number of carbonyl (C=O) groups is 2. The van der Waals surface area contributed by atoms with Crippen LogP contribution in [0, 0.1) is 0 Å². The van der Waals surface area contributed by atoms with Crippen LogP contribution in [0.25, 0.3) is 0 Å². The number of hydrogen-bond acceptors (Lipinski definition) is 3. The molecule has 86 valence electrons. The van der Waals surface area contributed by atoms with Gasteiger partial charge in [-0.15, -0.1) is 0 Å². The third-order valence-electron chi connectivity index (χ3n) is 2.09. The summed E-state index contributed by atoms with van der Waals surface area (Å²) < 4.78 is 0. The van der Waals surface area contributed by atoms with E-state index in [2.05, 4.69) is 5.32 Å². The van der Waals surface area contributed by atoms with Gasteiger partial charge in [0.15, 0.2) is 0 Å². The van der Waals surface area contributed by atoms with Gasteiger partial charge in [-0.3, -0.25) is 4.79 Å². The van der Waals surface area contributed by atoms with E-state index in [1.165, 1.54) is 0 Å². The Bertz CT molecular complexity index is 354. The molecule has 1 aromatic carbocycles. The standard InChI is InChI=1S/C12H15NO3.Li/c14-11(13-8-4-7-12(15)16)9-10-5-2-1-3-6-10;/h1-3,5-6H,4,7-9H2,(H,13,14)(H,15,16);/q;+1/p-1. The van der Waals surface area contributed by atoms with Gasteiger partial charge in [-0.05, 0) is 18.4 Å². The molecule has 17 heavy (non-hydrogen) atoms. The minimum atomic E-state index is -1.09. The van der Waals surface area contributed by atoms with Gasteiger partial charge in [0.1, 0.15) is 0 Å². The molecule has 4 nitrogen and oxygen atoms in total. The van der Waals surface area contributed by atoms with Crippen LogP contribution in [0.3, 0.4) is 0 Å². The summed E-state index contributed by atoms with van der Waals surface area (Å²) in [6, 6.07) is 9.39. The van der Waals surface area contributed by atoms with Crippen molar-refractivity contribution in [1.29, 1.82) is 0 Å². The smallest absolute Gasteiger partial charge is 0.550 e. The van der Waals surface area contributed by atoms with Crippen LogP contribution in [0.5, 0.6) is 0 Å². The molecule has 5 heteroatoms. The normalized spacial score (nSPS) is 9.18. The van der Waals surface area contributed by atoms with Gasteiger partial charge in [0.05, 0.1) is 6.42 Å². The summed E-state index contributed by atoms with van der Waals surface area (Å²) in [4.78, 5) is 21.5. The number of benzene rings is 1. The molecule has 0 saturated heterocycles. The van der Waals surface area contributed by atoms with Crippen molar-refractivity contribution in [3.63, 3.8) is 0 Å². The molecule has 0 aromatic heterocycles. The Labute approximate surface area is 113 Å². The third kappa shape index (κ3) is 7.62. The van der Waals surface area contributed by atoms with Gasteiger partial charge in [0.25, 0.3) is 0 Å². The number of rotatable bonds is 6. The molecule has 0 saturated carbocycles. The topological polar surface area (TPSA) is 69.2 Å². The zero-order valence-corrected chi connectivity index (χ0v) is 9.94. The van der Waals surface area contributed by atoms with Crippen molar-refractivity contribution in [1.82, 2.24) is 5.32 Å². The Hall–Kier alpha value is -1.24. The SMILES string of the molecule is O=C([O-])CCCNC(=O)Cc1ccccc1.[Li+]. The molecule has 0 aliphatic rings. The first-order valence-electron chi connectivity index (χ1n) is 5.19. The fourth-order valence-electron chi connectivity index (χ4n) is 1.30. The molecular formula is C12H14LiNO3. The monoisotopic (exact) mass is 227 g/mol. The first-order chi connectivity index (χ1) is 7.68. The number of nitrogens with one attached hydrogen (secondary N) is 1. The molecule has 0 radical (unpaired) electrons. The van der Waals surface area contributed by atoms with Crippen molar-refractivity contribution in [2.45, 2.75) is 19.3 Å². The van der Waals surface area contributed by atoms with Crippen LogP contribution in [0.1, 0.15) is 18.4 Å². The maximum atomic E-state index is 11.4. The zero-order chi connectivity index (χ0) is 11.8. The molecule has 1 N–H and O–H groups in total. The van der Waals surface area contributed by atoms with Gasteiger partial charge >= 0.3 is 18.9 Å². The van der Waals surface area contributed by atoms with Crippen molar-refractivity contribution < 1.29 is 33.6 Å². The summed E-state index contributed by atoms with van der Waals surface area (Å²) in [7, 11) is 0. The number of amides is 1. The largest absolute Gasteiger partial charge is 1.00 e. The van der Waals surface area contributed by atoms with Crippen LogP contribution in [0.4, 0.5) is 0 Å². The second-order valence-corrected chi connectivity index (χ2v) is 3.49. The van der Waals surface area contributed by atoms with Crippen molar-refractivity contribution in [3.05, 3.63) is 35.9 Å². The summed E-state index contributed by atoms with van der Waals surface area (Å²) in [5.74, 6) is -1.18. The first-order valence-corrected chi connectivity index (χ1v) is 5.19. The number of carboxylic acids is 1. The van der Waals surface area contributed by atoms with Gasteiger partial charge in [0.2, 0.25) is 5.91 Å². The maximum absolute atomic E-state index is 11.4. The Morgan fingerprint density at radius 2 is 1.82 bits per heavy atom. The number of carbonyl (C=O) groups excluding carboxylic acids is 2. The second-order valence-electron chi connectivity index (χ2n) is 3.49.